The Morgan fingerprint density at radius 2 is 1.79 bits per heavy atom. The average Bonchev–Trinajstić information content (AvgIpc) is 2.02. The molecule has 1 aromatic carbocycles. The molecule has 1 atom stereocenters. The lowest BCUT2D eigenvalue weighted by atomic mass is 10.2. The van der Waals surface area contributed by atoms with Crippen molar-refractivity contribution in [2.24, 2.45) is 0 Å². The number of rotatable bonds is 3. The van der Waals surface area contributed by atoms with Crippen LogP contribution in [0.2, 0.25) is 0 Å². The first-order valence-electron chi connectivity index (χ1n) is 3.76. The van der Waals surface area contributed by atoms with Crippen LogP contribution in [0.5, 0.6) is 5.75 Å². The molecule has 14 heavy (non-hydrogen) atoms. The summed E-state index contributed by atoms with van der Waals surface area (Å²) < 4.78 is 26.0. The third-order valence-corrected chi connectivity index (χ3v) is 2.85. The van der Waals surface area contributed by atoms with Crippen LogP contribution in [-0.4, -0.2) is 8.42 Å². The van der Waals surface area contributed by atoms with E-state index in [9.17, 15) is 8.42 Å². The van der Waals surface area contributed by atoms with Crippen molar-refractivity contribution < 1.29 is 12.6 Å². The van der Waals surface area contributed by atoms with E-state index in [1.165, 1.54) is 0 Å². The highest BCUT2D eigenvalue weighted by molar-refractivity contribution is 9.46. The molecule has 6 heteroatoms. The fourth-order valence-corrected chi connectivity index (χ4v) is 2.01. The number of benzene rings is 1. The van der Waals surface area contributed by atoms with Crippen LogP contribution in [0.15, 0.2) is 24.3 Å². The summed E-state index contributed by atoms with van der Waals surface area (Å²) >= 11 is 5.80. The van der Waals surface area contributed by atoms with Crippen molar-refractivity contribution in [3.63, 3.8) is 0 Å². The Kier molecular flexibility index (Phi) is 3.97. The van der Waals surface area contributed by atoms with Gasteiger partial charge in [-0.3, -0.25) is 0 Å². The second-order valence-corrected chi connectivity index (χ2v) is 7.37. The van der Waals surface area contributed by atoms with E-state index >= 15 is 0 Å². The van der Waals surface area contributed by atoms with Gasteiger partial charge in [0.25, 0.3) is 0 Å². The predicted molar refractivity (Wildman–Crippen MR) is 62.3 cm³/mol. The van der Waals surface area contributed by atoms with Crippen LogP contribution in [-0.2, 0) is 8.55 Å². The molecular formula is C8H8Br2O3S. The minimum absolute atomic E-state index is 0.233. The Morgan fingerprint density at radius 1 is 1.29 bits per heavy atom. The van der Waals surface area contributed by atoms with Gasteiger partial charge >= 0.3 is 8.55 Å². The summed E-state index contributed by atoms with van der Waals surface area (Å²) in [4.78, 5) is 0.233. The maximum absolute atomic E-state index is 10.7. The maximum Gasteiger partial charge on any atom is 0.372 e. The Hall–Kier alpha value is -0.0700. The van der Waals surface area contributed by atoms with E-state index in [1.807, 2.05) is 6.92 Å². The van der Waals surface area contributed by atoms with Crippen LogP contribution in [0.1, 0.15) is 17.3 Å². The zero-order valence-corrected chi connectivity index (χ0v) is 11.3. The molecule has 78 valence electrons. The quantitative estimate of drug-likeness (QED) is 0.625. The first-order chi connectivity index (χ1) is 6.38. The van der Waals surface area contributed by atoms with Crippen molar-refractivity contribution in [3.8, 4) is 5.75 Å². The molecule has 0 aromatic heterocycles. The van der Waals surface area contributed by atoms with E-state index in [2.05, 4.69) is 34.9 Å². The third-order valence-electron chi connectivity index (χ3n) is 1.54. The molecule has 0 heterocycles. The van der Waals surface area contributed by atoms with E-state index in [-0.39, 0.29) is 4.83 Å². The first-order valence-corrected chi connectivity index (χ1v) is 7.93. The lowest BCUT2D eigenvalue weighted by Gasteiger charge is -2.05. The number of halogens is 2. The number of hydrogen-bond acceptors (Lipinski definition) is 3. The minimum atomic E-state index is -3.61. The van der Waals surface area contributed by atoms with E-state index in [0.29, 0.717) is 5.75 Å². The second-order valence-electron chi connectivity index (χ2n) is 2.66. The van der Waals surface area contributed by atoms with Crippen LogP contribution in [0.4, 0.5) is 0 Å². The van der Waals surface area contributed by atoms with Gasteiger partial charge in [0.05, 0.1) is 0 Å². The monoisotopic (exact) mass is 342 g/mol. The molecule has 0 saturated heterocycles. The molecule has 0 fully saturated rings. The summed E-state index contributed by atoms with van der Waals surface area (Å²) in [5.74, 6) is 0.291. The van der Waals surface area contributed by atoms with Crippen LogP contribution >= 0.6 is 30.7 Å². The first kappa shape index (κ1) is 12.0. The number of alkyl halides is 1. The lowest BCUT2D eigenvalue weighted by Crippen LogP contribution is -1.99. The van der Waals surface area contributed by atoms with E-state index in [0.717, 1.165) is 5.56 Å². The lowest BCUT2D eigenvalue weighted by molar-refractivity contribution is 0.506. The maximum atomic E-state index is 10.7. The molecule has 1 rings (SSSR count). The average molecular weight is 344 g/mol. The van der Waals surface area contributed by atoms with Crippen molar-refractivity contribution in [2.45, 2.75) is 11.8 Å². The van der Waals surface area contributed by atoms with Gasteiger partial charge in [0.1, 0.15) is 20.6 Å². The summed E-state index contributed by atoms with van der Waals surface area (Å²) in [5, 5.41) is 0. The smallest absolute Gasteiger partial charge is 0.372 e. The molecule has 0 amide bonds. The van der Waals surface area contributed by atoms with Crippen LogP contribution < -0.4 is 4.18 Å². The highest BCUT2D eigenvalue weighted by Crippen LogP contribution is 2.24. The SMILES string of the molecule is CC(Br)c1ccc(OS(=O)(=O)Br)cc1. The third kappa shape index (κ3) is 3.98. The molecule has 1 unspecified atom stereocenters. The van der Waals surface area contributed by atoms with Gasteiger partial charge in [-0.2, -0.15) is 8.42 Å². The van der Waals surface area contributed by atoms with Crippen molar-refractivity contribution in [1.29, 1.82) is 0 Å². The Morgan fingerprint density at radius 3 is 2.14 bits per heavy atom. The standard InChI is InChI=1S/C8H8Br2O3S/c1-6(9)7-2-4-8(5-3-7)13-14(10,11)12/h2-6H,1H3. The molecule has 0 bridgehead atoms. The molecule has 0 aliphatic heterocycles. The molecule has 0 saturated carbocycles. The predicted octanol–water partition coefficient (Wildman–Crippen LogP) is 3.16. The van der Waals surface area contributed by atoms with Gasteiger partial charge in [-0.05, 0) is 24.6 Å². The molecular weight excluding hydrogens is 336 g/mol. The van der Waals surface area contributed by atoms with E-state index in [4.69, 9.17) is 0 Å². The molecule has 0 radical (unpaired) electrons. The van der Waals surface area contributed by atoms with Crippen molar-refractivity contribution >= 4 is 39.3 Å². The summed E-state index contributed by atoms with van der Waals surface area (Å²) in [5.41, 5.74) is 1.06. The van der Waals surface area contributed by atoms with Crippen LogP contribution in [0.25, 0.3) is 0 Å². The fourth-order valence-electron chi connectivity index (χ4n) is 0.904. The highest BCUT2D eigenvalue weighted by atomic mass is 79.9. The van der Waals surface area contributed by atoms with Crippen LogP contribution in [0.3, 0.4) is 0 Å². The molecule has 0 aliphatic rings. The van der Waals surface area contributed by atoms with E-state index in [1.54, 1.807) is 24.3 Å². The molecule has 1 aromatic rings. The van der Waals surface area contributed by atoms with E-state index < -0.39 is 8.55 Å². The van der Waals surface area contributed by atoms with Gasteiger partial charge in [0.2, 0.25) is 0 Å². The summed E-state index contributed by atoms with van der Waals surface area (Å²) in [7, 11) is -3.61. The topological polar surface area (TPSA) is 43.4 Å². The Bertz CT molecular complexity index is 397. The van der Waals surface area contributed by atoms with Crippen molar-refractivity contribution in [1.82, 2.24) is 0 Å². The highest BCUT2D eigenvalue weighted by Gasteiger charge is 2.07. The second kappa shape index (κ2) is 4.63. The van der Waals surface area contributed by atoms with Gasteiger partial charge in [-0.15, -0.1) is 0 Å². The summed E-state index contributed by atoms with van der Waals surface area (Å²) in [6.45, 7) is 1.98. The number of hydrogen-bond donors (Lipinski definition) is 0. The largest absolute Gasteiger partial charge is 0.374 e. The molecule has 0 spiro atoms. The van der Waals surface area contributed by atoms with Gasteiger partial charge in [0, 0.05) is 4.83 Å². The van der Waals surface area contributed by atoms with Gasteiger partial charge in [-0.1, -0.05) is 28.1 Å². The van der Waals surface area contributed by atoms with Gasteiger partial charge in [0.15, 0.2) is 0 Å². The minimum Gasteiger partial charge on any atom is -0.374 e. The molecule has 0 N–H and O–H groups in total. The fraction of sp³-hybridized carbons (Fsp3) is 0.250. The summed E-state index contributed by atoms with van der Waals surface area (Å²) in [6, 6.07) is 6.80. The Balaban J connectivity index is 2.84. The van der Waals surface area contributed by atoms with Gasteiger partial charge in [-0.25, -0.2) is 0 Å². The Labute approximate surface area is 98.9 Å². The van der Waals surface area contributed by atoms with Gasteiger partial charge < -0.3 is 4.18 Å². The van der Waals surface area contributed by atoms with Crippen molar-refractivity contribution in [2.75, 3.05) is 0 Å². The molecule has 3 nitrogen and oxygen atoms in total. The normalized spacial score (nSPS) is 13.6. The zero-order valence-electron chi connectivity index (χ0n) is 7.28. The molecule has 0 aliphatic carbocycles. The zero-order chi connectivity index (χ0) is 10.8. The van der Waals surface area contributed by atoms with Crippen LogP contribution in [0, 0.1) is 0 Å². The van der Waals surface area contributed by atoms with Crippen molar-refractivity contribution in [3.05, 3.63) is 29.8 Å². The summed E-state index contributed by atoms with van der Waals surface area (Å²) in [6.07, 6.45) is 0.